The summed E-state index contributed by atoms with van der Waals surface area (Å²) in [6, 6.07) is 11.9. The lowest BCUT2D eigenvalue weighted by atomic mass is 10.2. The number of halogens is 2. The summed E-state index contributed by atoms with van der Waals surface area (Å²) in [6.45, 7) is 0.313. The Balaban J connectivity index is 1.67. The molecular formula is C19H14ClFN4O2. The molecule has 0 aliphatic rings. The Kier molecular flexibility index (Phi) is 5.73. The van der Waals surface area contributed by atoms with Gasteiger partial charge in [-0.1, -0.05) is 17.7 Å². The van der Waals surface area contributed by atoms with Gasteiger partial charge in [-0.2, -0.15) is 0 Å². The van der Waals surface area contributed by atoms with E-state index in [9.17, 15) is 14.0 Å². The molecule has 0 aliphatic heterocycles. The Labute approximate surface area is 159 Å². The van der Waals surface area contributed by atoms with Gasteiger partial charge in [-0.15, -0.1) is 0 Å². The summed E-state index contributed by atoms with van der Waals surface area (Å²) >= 11 is 5.70. The number of hydrogen-bond acceptors (Lipinski definition) is 4. The third-order valence-corrected chi connectivity index (χ3v) is 3.88. The fraction of sp³-hybridized carbons (Fsp3) is 0.0526. The summed E-state index contributed by atoms with van der Waals surface area (Å²) in [7, 11) is 0. The fourth-order valence-corrected chi connectivity index (χ4v) is 2.41. The molecule has 2 amide bonds. The normalized spacial score (nSPS) is 10.3. The molecule has 0 saturated carbocycles. The number of carbonyl (C=O) groups is 2. The predicted octanol–water partition coefficient (Wildman–Crippen LogP) is 3.45. The van der Waals surface area contributed by atoms with Gasteiger partial charge in [0.25, 0.3) is 11.8 Å². The third kappa shape index (κ3) is 4.86. The van der Waals surface area contributed by atoms with Crippen LogP contribution in [0.4, 0.5) is 10.1 Å². The predicted molar refractivity (Wildman–Crippen MR) is 99.0 cm³/mol. The highest BCUT2D eigenvalue weighted by atomic mass is 35.5. The van der Waals surface area contributed by atoms with Gasteiger partial charge >= 0.3 is 0 Å². The molecule has 2 heterocycles. The maximum atomic E-state index is 13.2. The van der Waals surface area contributed by atoms with Crippen molar-refractivity contribution in [2.24, 2.45) is 0 Å². The van der Waals surface area contributed by atoms with Crippen molar-refractivity contribution in [3.63, 3.8) is 0 Å². The highest BCUT2D eigenvalue weighted by molar-refractivity contribution is 6.31. The standard InChI is InChI=1S/C19H14ClFN4O2/c20-14-10-13(4-5-15(14)21)24-19(27)17-3-1-2-16(25-17)18(26)23-11-12-6-8-22-9-7-12/h1-10H,11H2,(H,23,26)(H,24,27). The Morgan fingerprint density at radius 2 is 1.70 bits per heavy atom. The average Bonchev–Trinajstić information content (AvgIpc) is 2.70. The van der Waals surface area contributed by atoms with Gasteiger partial charge in [-0.05, 0) is 48.0 Å². The van der Waals surface area contributed by atoms with Crippen LogP contribution in [-0.2, 0) is 6.54 Å². The number of pyridine rings is 2. The van der Waals surface area contributed by atoms with E-state index in [1.807, 2.05) is 0 Å². The summed E-state index contributed by atoms with van der Waals surface area (Å²) in [5.74, 6) is -1.53. The number of anilines is 1. The summed E-state index contributed by atoms with van der Waals surface area (Å²) < 4.78 is 13.2. The first-order valence-electron chi connectivity index (χ1n) is 7.93. The van der Waals surface area contributed by atoms with Crippen LogP contribution < -0.4 is 10.6 Å². The molecule has 0 atom stereocenters. The minimum absolute atomic E-state index is 0.0482. The number of rotatable bonds is 5. The van der Waals surface area contributed by atoms with E-state index in [0.29, 0.717) is 12.2 Å². The molecule has 2 N–H and O–H groups in total. The van der Waals surface area contributed by atoms with Crippen LogP contribution in [0.15, 0.2) is 60.9 Å². The van der Waals surface area contributed by atoms with Crippen molar-refractivity contribution in [3.05, 3.63) is 88.7 Å². The molecule has 1 aromatic carbocycles. The summed E-state index contributed by atoms with van der Waals surface area (Å²) in [5, 5.41) is 5.18. The maximum Gasteiger partial charge on any atom is 0.274 e. The van der Waals surface area contributed by atoms with Gasteiger partial charge in [0.15, 0.2) is 0 Å². The van der Waals surface area contributed by atoms with Gasteiger partial charge < -0.3 is 10.6 Å². The van der Waals surface area contributed by atoms with E-state index in [1.54, 1.807) is 30.6 Å². The highest BCUT2D eigenvalue weighted by Gasteiger charge is 2.13. The van der Waals surface area contributed by atoms with Crippen molar-refractivity contribution in [2.45, 2.75) is 6.54 Å². The van der Waals surface area contributed by atoms with E-state index in [2.05, 4.69) is 20.6 Å². The first-order valence-corrected chi connectivity index (χ1v) is 8.31. The van der Waals surface area contributed by atoms with Gasteiger partial charge in [0, 0.05) is 24.6 Å². The Morgan fingerprint density at radius 1 is 1.00 bits per heavy atom. The van der Waals surface area contributed by atoms with Crippen LogP contribution >= 0.6 is 11.6 Å². The Hall–Kier alpha value is -3.32. The lowest BCUT2D eigenvalue weighted by molar-refractivity contribution is 0.0945. The molecule has 0 radical (unpaired) electrons. The summed E-state index contributed by atoms with van der Waals surface area (Å²) in [6.07, 6.45) is 3.26. The lowest BCUT2D eigenvalue weighted by Crippen LogP contribution is -2.25. The Bertz CT molecular complexity index is 982. The van der Waals surface area contributed by atoms with Crippen molar-refractivity contribution in [3.8, 4) is 0 Å². The van der Waals surface area contributed by atoms with Gasteiger partial charge in [-0.3, -0.25) is 14.6 Å². The van der Waals surface area contributed by atoms with E-state index in [1.165, 1.54) is 24.3 Å². The zero-order valence-corrected chi connectivity index (χ0v) is 14.7. The zero-order chi connectivity index (χ0) is 19.2. The second-order valence-electron chi connectivity index (χ2n) is 5.53. The first-order chi connectivity index (χ1) is 13.0. The summed E-state index contributed by atoms with van der Waals surface area (Å²) in [5.41, 5.74) is 1.36. The van der Waals surface area contributed by atoms with E-state index >= 15 is 0 Å². The van der Waals surface area contributed by atoms with E-state index < -0.39 is 17.6 Å². The van der Waals surface area contributed by atoms with Gasteiger partial charge in [-0.25, -0.2) is 9.37 Å². The van der Waals surface area contributed by atoms with Crippen molar-refractivity contribution >= 4 is 29.1 Å². The molecule has 8 heteroatoms. The van der Waals surface area contributed by atoms with Crippen molar-refractivity contribution in [1.29, 1.82) is 0 Å². The fourth-order valence-electron chi connectivity index (χ4n) is 2.23. The smallest absolute Gasteiger partial charge is 0.274 e. The lowest BCUT2D eigenvalue weighted by Gasteiger charge is -2.08. The molecule has 0 bridgehead atoms. The number of amides is 2. The van der Waals surface area contributed by atoms with Crippen molar-refractivity contribution in [2.75, 3.05) is 5.32 Å². The quantitative estimate of drug-likeness (QED) is 0.705. The van der Waals surface area contributed by atoms with Gasteiger partial charge in [0.05, 0.1) is 5.02 Å². The number of nitrogens with one attached hydrogen (secondary N) is 2. The number of benzene rings is 1. The maximum absolute atomic E-state index is 13.2. The second kappa shape index (κ2) is 8.37. The minimum atomic E-state index is -0.583. The zero-order valence-electron chi connectivity index (χ0n) is 13.9. The van der Waals surface area contributed by atoms with Gasteiger partial charge in [0.2, 0.25) is 0 Å². The first kappa shape index (κ1) is 18.5. The van der Waals surface area contributed by atoms with Crippen LogP contribution in [0, 0.1) is 5.82 Å². The molecule has 0 fully saturated rings. The molecule has 27 heavy (non-hydrogen) atoms. The van der Waals surface area contributed by atoms with Crippen LogP contribution in [-0.4, -0.2) is 21.8 Å². The Morgan fingerprint density at radius 3 is 2.41 bits per heavy atom. The second-order valence-corrected chi connectivity index (χ2v) is 5.94. The monoisotopic (exact) mass is 384 g/mol. The average molecular weight is 385 g/mol. The van der Waals surface area contributed by atoms with Crippen LogP contribution in [0.5, 0.6) is 0 Å². The van der Waals surface area contributed by atoms with E-state index in [0.717, 1.165) is 11.6 Å². The molecule has 0 saturated heterocycles. The number of carbonyl (C=O) groups excluding carboxylic acids is 2. The molecule has 2 aromatic heterocycles. The van der Waals surface area contributed by atoms with E-state index in [-0.39, 0.29) is 16.4 Å². The molecule has 0 unspecified atom stereocenters. The van der Waals surface area contributed by atoms with Crippen molar-refractivity contribution in [1.82, 2.24) is 15.3 Å². The van der Waals surface area contributed by atoms with Crippen LogP contribution in [0.2, 0.25) is 5.02 Å². The SMILES string of the molecule is O=C(NCc1ccncc1)c1cccc(C(=O)Nc2ccc(F)c(Cl)c2)n1. The molecule has 3 rings (SSSR count). The van der Waals surface area contributed by atoms with Gasteiger partial charge in [0.1, 0.15) is 17.2 Å². The highest BCUT2D eigenvalue weighted by Crippen LogP contribution is 2.19. The molecule has 136 valence electrons. The molecule has 3 aromatic rings. The topological polar surface area (TPSA) is 84.0 Å². The number of aromatic nitrogens is 2. The molecule has 0 spiro atoms. The molecule has 6 nitrogen and oxygen atoms in total. The van der Waals surface area contributed by atoms with Crippen molar-refractivity contribution < 1.29 is 14.0 Å². The molecule has 0 aliphatic carbocycles. The molecular weight excluding hydrogens is 371 g/mol. The van der Waals surface area contributed by atoms with Crippen LogP contribution in [0.1, 0.15) is 26.5 Å². The third-order valence-electron chi connectivity index (χ3n) is 3.59. The minimum Gasteiger partial charge on any atom is -0.347 e. The number of nitrogens with zero attached hydrogens (tertiary/aromatic N) is 2. The number of hydrogen-bond donors (Lipinski definition) is 2. The largest absolute Gasteiger partial charge is 0.347 e. The van der Waals surface area contributed by atoms with Crippen LogP contribution in [0.3, 0.4) is 0 Å². The summed E-state index contributed by atoms with van der Waals surface area (Å²) in [4.78, 5) is 32.6. The van der Waals surface area contributed by atoms with Crippen LogP contribution in [0.25, 0.3) is 0 Å². The van der Waals surface area contributed by atoms with E-state index in [4.69, 9.17) is 11.6 Å².